The summed E-state index contributed by atoms with van der Waals surface area (Å²) in [5, 5.41) is 6.57. The van der Waals surface area contributed by atoms with Crippen LogP contribution >= 0.6 is 0 Å². The lowest BCUT2D eigenvalue weighted by Gasteiger charge is -2.40. The minimum Gasteiger partial charge on any atom is -0.382 e. The van der Waals surface area contributed by atoms with Gasteiger partial charge in [-0.1, -0.05) is 13.8 Å². The molecule has 2 aromatic rings. The van der Waals surface area contributed by atoms with E-state index in [0.717, 1.165) is 44.3 Å². The minimum absolute atomic E-state index is 0.0683. The molecule has 2 bridgehead atoms. The van der Waals surface area contributed by atoms with E-state index < -0.39 is 5.91 Å². The number of hydrogen-bond acceptors (Lipinski definition) is 6. The van der Waals surface area contributed by atoms with Gasteiger partial charge in [-0.3, -0.25) is 14.4 Å². The number of anilines is 2. The average Bonchev–Trinajstić information content (AvgIpc) is 3.68. The molecule has 1 aliphatic carbocycles. The monoisotopic (exact) mass is 503 g/mol. The van der Waals surface area contributed by atoms with E-state index in [9.17, 15) is 14.4 Å². The summed E-state index contributed by atoms with van der Waals surface area (Å²) in [6, 6.07) is 9.72. The molecule has 1 aromatic heterocycles. The summed E-state index contributed by atoms with van der Waals surface area (Å²) in [4.78, 5) is 44.5. The first-order valence-electron chi connectivity index (χ1n) is 13.5. The molecule has 8 heteroatoms. The van der Waals surface area contributed by atoms with Crippen LogP contribution in [0.1, 0.15) is 90.4 Å². The Kier molecular flexibility index (Phi) is 6.92. The topological polar surface area (TPSA) is 117 Å². The quantitative estimate of drug-likeness (QED) is 0.443. The number of fused-ring (bicyclic) bond motifs is 2. The average molecular weight is 504 g/mol. The zero-order chi connectivity index (χ0) is 26.3. The molecule has 196 valence electrons. The summed E-state index contributed by atoms with van der Waals surface area (Å²) < 4.78 is 0. The van der Waals surface area contributed by atoms with Gasteiger partial charge < -0.3 is 21.3 Å². The predicted octanol–water partition coefficient (Wildman–Crippen LogP) is 4.16. The fourth-order valence-corrected chi connectivity index (χ4v) is 5.64. The van der Waals surface area contributed by atoms with Crippen molar-refractivity contribution in [3.63, 3.8) is 0 Å². The lowest BCUT2D eigenvalue weighted by atomic mass is 9.96. The first kappa shape index (κ1) is 25.2. The van der Waals surface area contributed by atoms with Gasteiger partial charge in [0.15, 0.2) is 5.78 Å². The van der Waals surface area contributed by atoms with Gasteiger partial charge in [0.2, 0.25) is 0 Å². The third-order valence-corrected chi connectivity index (χ3v) is 8.24. The number of primary amides is 1. The van der Waals surface area contributed by atoms with Gasteiger partial charge in [0.1, 0.15) is 5.82 Å². The third-order valence-electron chi connectivity index (χ3n) is 8.24. The molecular weight excluding hydrogens is 466 g/mol. The van der Waals surface area contributed by atoms with Crippen molar-refractivity contribution < 1.29 is 14.4 Å². The maximum atomic E-state index is 13.2. The highest BCUT2D eigenvalue weighted by molar-refractivity contribution is 6.02. The number of carbonyl (C=O) groups excluding carboxylic acids is 3. The number of nitrogens with zero attached hydrogens (tertiary/aromatic N) is 2. The van der Waals surface area contributed by atoms with Crippen LogP contribution in [0.15, 0.2) is 36.5 Å². The van der Waals surface area contributed by atoms with Crippen LogP contribution in [0.25, 0.3) is 0 Å². The molecule has 3 atom stereocenters. The molecule has 0 spiro atoms. The molecule has 8 nitrogen and oxygen atoms in total. The van der Waals surface area contributed by atoms with E-state index >= 15 is 0 Å². The highest BCUT2D eigenvalue weighted by Gasteiger charge is 2.42. The first-order chi connectivity index (χ1) is 17.7. The number of pyridine rings is 1. The summed E-state index contributed by atoms with van der Waals surface area (Å²) in [7, 11) is 0. The molecule has 1 saturated carbocycles. The number of ketones is 1. The van der Waals surface area contributed by atoms with Crippen LogP contribution in [0, 0.1) is 11.8 Å². The number of amides is 2. The SMILES string of the molecule is CC(C)[C@H](C)Nc1cc(C(=O)NC2CC3CCC(C2)N3c2ccc(C(=O)C3CC3)cn2)ccc1C(N)=O. The first-order valence-corrected chi connectivity index (χ1v) is 13.5. The Balaban J connectivity index is 1.25. The van der Waals surface area contributed by atoms with E-state index in [1.54, 1.807) is 24.4 Å². The molecule has 0 radical (unpaired) electrons. The van der Waals surface area contributed by atoms with Crippen molar-refractivity contribution in [2.75, 3.05) is 10.2 Å². The lowest BCUT2D eigenvalue weighted by molar-refractivity contribution is 0.0924. The van der Waals surface area contributed by atoms with Crippen LogP contribution < -0.4 is 21.3 Å². The van der Waals surface area contributed by atoms with Gasteiger partial charge in [0.05, 0.1) is 5.56 Å². The number of rotatable bonds is 9. The third kappa shape index (κ3) is 5.33. The molecule has 2 saturated heterocycles. The zero-order valence-electron chi connectivity index (χ0n) is 21.9. The largest absolute Gasteiger partial charge is 0.382 e. The number of nitrogens with one attached hydrogen (secondary N) is 2. The number of piperidine rings is 1. The molecule has 2 unspecified atom stereocenters. The van der Waals surface area contributed by atoms with Crippen LogP contribution in [0.5, 0.6) is 0 Å². The Hall–Kier alpha value is -3.42. The van der Waals surface area contributed by atoms with Gasteiger partial charge in [0.25, 0.3) is 11.8 Å². The molecule has 5 rings (SSSR count). The van der Waals surface area contributed by atoms with Crippen molar-refractivity contribution in [2.24, 2.45) is 17.6 Å². The van der Waals surface area contributed by atoms with E-state index in [2.05, 4.69) is 34.4 Å². The van der Waals surface area contributed by atoms with Crippen molar-refractivity contribution in [3.8, 4) is 0 Å². The van der Waals surface area contributed by atoms with Crippen LogP contribution in [-0.2, 0) is 0 Å². The van der Waals surface area contributed by atoms with Crippen molar-refractivity contribution in [1.82, 2.24) is 10.3 Å². The van der Waals surface area contributed by atoms with E-state index in [0.29, 0.717) is 40.4 Å². The van der Waals surface area contributed by atoms with Crippen molar-refractivity contribution in [3.05, 3.63) is 53.2 Å². The van der Waals surface area contributed by atoms with Gasteiger partial charge in [-0.05, 0) is 81.7 Å². The van der Waals surface area contributed by atoms with Crippen LogP contribution in [0.4, 0.5) is 11.5 Å². The van der Waals surface area contributed by atoms with Crippen molar-refractivity contribution in [2.45, 2.75) is 83.5 Å². The van der Waals surface area contributed by atoms with Gasteiger partial charge in [-0.2, -0.15) is 0 Å². The molecule has 37 heavy (non-hydrogen) atoms. The van der Waals surface area contributed by atoms with Crippen molar-refractivity contribution in [1.29, 1.82) is 0 Å². The molecule has 3 fully saturated rings. The number of benzene rings is 1. The van der Waals surface area contributed by atoms with Crippen LogP contribution in [0.2, 0.25) is 0 Å². The lowest BCUT2D eigenvalue weighted by Crippen LogP contribution is -2.50. The molecule has 2 aliphatic heterocycles. The summed E-state index contributed by atoms with van der Waals surface area (Å²) in [6.07, 6.45) is 7.54. The summed E-state index contributed by atoms with van der Waals surface area (Å²) in [5.41, 5.74) is 7.76. The normalized spacial score (nSPS) is 23.6. The van der Waals surface area contributed by atoms with E-state index in [1.807, 2.05) is 19.1 Å². The Bertz CT molecular complexity index is 1180. The molecule has 3 heterocycles. The van der Waals surface area contributed by atoms with Crippen molar-refractivity contribution >= 4 is 29.1 Å². The number of nitrogens with two attached hydrogens (primary N) is 1. The Labute approximate surface area is 218 Å². The highest BCUT2D eigenvalue weighted by Crippen LogP contribution is 2.39. The Morgan fingerprint density at radius 2 is 1.65 bits per heavy atom. The summed E-state index contributed by atoms with van der Waals surface area (Å²) in [6.45, 7) is 6.23. The number of Topliss-reactive ketones (excluding diaryl/α,β-unsaturated/α-hetero) is 1. The zero-order valence-corrected chi connectivity index (χ0v) is 21.9. The highest BCUT2D eigenvalue weighted by atomic mass is 16.2. The van der Waals surface area contributed by atoms with Gasteiger partial charge in [0, 0.05) is 53.1 Å². The minimum atomic E-state index is -0.520. The Morgan fingerprint density at radius 3 is 2.22 bits per heavy atom. The second kappa shape index (κ2) is 10.1. The Morgan fingerprint density at radius 1 is 0.973 bits per heavy atom. The molecular formula is C29H37N5O3. The number of aromatic nitrogens is 1. The molecule has 2 amide bonds. The van der Waals surface area contributed by atoms with E-state index in [1.165, 1.54) is 0 Å². The maximum Gasteiger partial charge on any atom is 0.251 e. The van der Waals surface area contributed by atoms with Gasteiger partial charge >= 0.3 is 0 Å². The number of hydrogen-bond donors (Lipinski definition) is 3. The van der Waals surface area contributed by atoms with E-state index in [-0.39, 0.29) is 29.7 Å². The molecule has 1 aromatic carbocycles. The molecule has 4 N–H and O–H groups in total. The van der Waals surface area contributed by atoms with Crippen LogP contribution in [0.3, 0.4) is 0 Å². The number of carbonyl (C=O) groups is 3. The summed E-state index contributed by atoms with van der Waals surface area (Å²) in [5.74, 6) is 1.01. The smallest absolute Gasteiger partial charge is 0.251 e. The standard InChI is InChI=1S/C29H37N5O3/c1-16(2)17(3)32-25-12-19(6-10-24(25)28(30)36)29(37)33-21-13-22-8-9-23(14-21)34(22)26-11-7-20(15-31-26)27(35)18-4-5-18/h6-7,10-12,15-18,21-23,32H,4-5,8-9,13-14H2,1-3H3,(H2,30,36)(H,33,37)/t17-,21?,22?,23?/m0/s1. The predicted molar refractivity (Wildman–Crippen MR) is 144 cm³/mol. The molecule has 3 aliphatic rings. The fourth-order valence-electron chi connectivity index (χ4n) is 5.64. The van der Waals surface area contributed by atoms with Crippen LogP contribution in [-0.4, -0.2) is 46.7 Å². The fraction of sp³-hybridized carbons (Fsp3) is 0.517. The van der Waals surface area contributed by atoms with Gasteiger partial charge in [-0.15, -0.1) is 0 Å². The second-order valence-corrected chi connectivity index (χ2v) is 11.3. The second-order valence-electron chi connectivity index (χ2n) is 11.3. The summed E-state index contributed by atoms with van der Waals surface area (Å²) >= 11 is 0. The maximum absolute atomic E-state index is 13.2. The van der Waals surface area contributed by atoms with Gasteiger partial charge in [-0.25, -0.2) is 4.98 Å². The van der Waals surface area contributed by atoms with E-state index in [4.69, 9.17) is 5.73 Å².